The molecule has 1 aromatic rings. The van der Waals surface area contributed by atoms with Crippen LogP contribution >= 0.6 is 11.6 Å². The van der Waals surface area contributed by atoms with Gasteiger partial charge in [-0.25, -0.2) is 0 Å². The molecule has 92 valence electrons. The lowest BCUT2D eigenvalue weighted by Crippen LogP contribution is -2.34. The lowest BCUT2D eigenvalue weighted by Gasteiger charge is -2.08. The van der Waals surface area contributed by atoms with Crippen LogP contribution in [0.1, 0.15) is 12.5 Å². The number of rotatable bonds is 5. The Balaban J connectivity index is 2.38. The van der Waals surface area contributed by atoms with Crippen molar-refractivity contribution in [3.63, 3.8) is 0 Å². The Kier molecular flexibility index (Phi) is 4.97. The second-order valence-corrected chi connectivity index (χ2v) is 4.17. The summed E-state index contributed by atoms with van der Waals surface area (Å²) in [6.07, 6.45) is 0.624. The molecule has 0 aliphatic carbocycles. The first-order valence-corrected chi connectivity index (χ1v) is 5.63. The van der Waals surface area contributed by atoms with Gasteiger partial charge < -0.3 is 10.4 Å². The molecular weight excluding hydrogens is 242 g/mol. The van der Waals surface area contributed by atoms with Gasteiger partial charge in [-0.2, -0.15) is 0 Å². The number of carbonyl (C=O) groups is 2. The highest BCUT2D eigenvalue weighted by atomic mass is 35.5. The lowest BCUT2D eigenvalue weighted by atomic mass is 10.1. The molecule has 0 fully saturated rings. The highest BCUT2D eigenvalue weighted by molar-refractivity contribution is 6.30. The number of carboxylic acids is 1. The molecule has 1 rings (SSSR count). The Labute approximate surface area is 105 Å². The molecule has 0 spiro atoms. The molecule has 0 bridgehead atoms. The van der Waals surface area contributed by atoms with Crippen LogP contribution in [-0.2, 0) is 16.0 Å². The summed E-state index contributed by atoms with van der Waals surface area (Å²) < 4.78 is 0. The number of carboxylic acid groups (broad SMARTS) is 1. The van der Waals surface area contributed by atoms with Gasteiger partial charge in [-0.15, -0.1) is 0 Å². The maximum absolute atomic E-state index is 11.3. The second-order valence-electron chi connectivity index (χ2n) is 3.73. The number of amides is 1. The zero-order chi connectivity index (χ0) is 12.8. The van der Waals surface area contributed by atoms with E-state index in [1.54, 1.807) is 6.07 Å². The minimum Gasteiger partial charge on any atom is -0.481 e. The highest BCUT2D eigenvalue weighted by Crippen LogP contribution is 2.10. The molecule has 1 amide bonds. The van der Waals surface area contributed by atoms with E-state index in [-0.39, 0.29) is 0 Å². The summed E-state index contributed by atoms with van der Waals surface area (Å²) in [6, 6.07) is 7.32. The van der Waals surface area contributed by atoms with Crippen molar-refractivity contribution in [1.29, 1.82) is 0 Å². The van der Waals surface area contributed by atoms with Crippen molar-refractivity contribution in [2.45, 2.75) is 13.3 Å². The number of aliphatic carboxylic acids is 1. The molecular formula is C12H14ClNO3. The average molecular weight is 256 g/mol. The van der Waals surface area contributed by atoms with Gasteiger partial charge in [0.15, 0.2) is 0 Å². The fourth-order valence-corrected chi connectivity index (χ4v) is 1.50. The van der Waals surface area contributed by atoms with Crippen molar-refractivity contribution in [2.24, 2.45) is 5.92 Å². The number of hydrogen-bond donors (Lipinski definition) is 2. The van der Waals surface area contributed by atoms with Crippen molar-refractivity contribution < 1.29 is 14.7 Å². The first-order valence-electron chi connectivity index (χ1n) is 5.25. The largest absolute Gasteiger partial charge is 0.481 e. The van der Waals surface area contributed by atoms with E-state index < -0.39 is 17.8 Å². The van der Waals surface area contributed by atoms with E-state index >= 15 is 0 Å². The molecule has 0 aliphatic rings. The number of carbonyl (C=O) groups excluding carboxylic acids is 1. The Morgan fingerprint density at radius 2 is 2.18 bits per heavy atom. The van der Waals surface area contributed by atoms with Crippen LogP contribution in [0.15, 0.2) is 24.3 Å². The predicted octanol–water partition coefficient (Wildman–Crippen LogP) is 1.72. The fraction of sp³-hybridized carbons (Fsp3) is 0.333. The van der Waals surface area contributed by atoms with Crippen LogP contribution < -0.4 is 5.32 Å². The highest BCUT2D eigenvalue weighted by Gasteiger charge is 2.19. The summed E-state index contributed by atoms with van der Waals surface area (Å²) >= 11 is 5.81. The minimum absolute atomic E-state index is 0.400. The van der Waals surface area contributed by atoms with Crippen molar-refractivity contribution in [3.05, 3.63) is 34.9 Å². The van der Waals surface area contributed by atoms with Crippen LogP contribution in [0.25, 0.3) is 0 Å². The Morgan fingerprint density at radius 1 is 1.47 bits per heavy atom. The van der Waals surface area contributed by atoms with Gasteiger partial charge in [0.1, 0.15) is 5.92 Å². The van der Waals surface area contributed by atoms with Gasteiger partial charge in [0, 0.05) is 11.6 Å². The third-order valence-corrected chi connectivity index (χ3v) is 2.60. The van der Waals surface area contributed by atoms with Gasteiger partial charge in [0.2, 0.25) is 5.91 Å². The van der Waals surface area contributed by atoms with Crippen molar-refractivity contribution in [2.75, 3.05) is 6.54 Å². The molecule has 0 radical (unpaired) electrons. The summed E-state index contributed by atoms with van der Waals surface area (Å²) in [4.78, 5) is 21.9. The first-order chi connectivity index (χ1) is 8.00. The molecule has 0 heterocycles. The quantitative estimate of drug-likeness (QED) is 0.788. The van der Waals surface area contributed by atoms with E-state index in [1.165, 1.54) is 6.92 Å². The molecule has 0 aliphatic heterocycles. The molecule has 1 unspecified atom stereocenters. The molecule has 1 aromatic carbocycles. The molecule has 4 nitrogen and oxygen atoms in total. The predicted molar refractivity (Wildman–Crippen MR) is 65.0 cm³/mol. The minimum atomic E-state index is -1.12. The monoisotopic (exact) mass is 255 g/mol. The summed E-state index contributed by atoms with van der Waals surface area (Å²) in [7, 11) is 0. The molecule has 0 saturated heterocycles. The maximum Gasteiger partial charge on any atom is 0.315 e. The molecule has 17 heavy (non-hydrogen) atoms. The number of benzene rings is 1. The summed E-state index contributed by atoms with van der Waals surface area (Å²) in [5.41, 5.74) is 1.00. The molecule has 1 atom stereocenters. The third kappa shape index (κ3) is 4.44. The van der Waals surface area contributed by atoms with Crippen LogP contribution in [0.2, 0.25) is 5.02 Å². The first kappa shape index (κ1) is 13.5. The number of halogens is 1. The molecule has 2 N–H and O–H groups in total. The summed E-state index contributed by atoms with van der Waals surface area (Å²) in [5.74, 6) is -2.61. The van der Waals surface area contributed by atoms with E-state index in [2.05, 4.69) is 5.32 Å². The van der Waals surface area contributed by atoms with Crippen molar-refractivity contribution in [3.8, 4) is 0 Å². The zero-order valence-electron chi connectivity index (χ0n) is 9.44. The van der Waals surface area contributed by atoms with Crippen LogP contribution in [0.3, 0.4) is 0 Å². The second kappa shape index (κ2) is 6.25. The van der Waals surface area contributed by atoms with Gasteiger partial charge in [-0.05, 0) is 31.0 Å². The van der Waals surface area contributed by atoms with E-state index in [1.807, 2.05) is 18.2 Å². The van der Waals surface area contributed by atoms with Gasteiger partial charge in [-0.3, -0.25) is 9.59 Å². The van der Waals surface area contributed by atoms with Crippen LogP contribution in [0.5, 0.6) is 0 Å². The van der Waals surface area contributed by atoms with E-state index in [0.717, 1.165) is 5.56 Å². The van der Waals surface area contributed by atoms with Gasteiger partial charge >= 0.3 is 5.97 Å². The van der Waals surface area contributed by atoms with Gasteiger partial charge in [0.25, 0.3) is 0 Å². The Hall–Kier alpha value is -1.55. The SMILES string of the molecule is CC(C(=O)O)C(=O)NCCc1cccc(Cl)c1. The standard InChI is InChI=1S/C12H14ClNO3/c1-8(12(16)17)11(15)14-6-5-9-3-2-4-10(13)7-9/h2-4,7-8H,5-6H2,1H3,(H,14,15)(H,16,17). The van der Waals surface area contributed by atoms with Gasteiger partial charge in [-0.1, -0.05) is 23.7 Å². The smallest absolute Gasteiger partial charge is 0.315 e. The lowest BCUT2D eigenvalue weighted by molar-refractivity contribution is -0.146. The maximum atomic E-state index is 11.3. The van der Waals surface area contributed by atoms with Crippen molar-refractivity contribution >= 4 is 23.5 Å². The topological polar surface area (TPSA) is 66.4 Å². The van der Waals surface area contributed by atoms with Crippen LogP contribution in [0, 0.1) is 5.92 Å². The van der Waals surface area contributed by atoms with Gasteiger partial charge in [0.05, 0.1) is 0 Å². The molecule has 5 heteroatoms. The Bertz CT molecular complexity index is 420. The van der Waals surface area contributed by atoms with E-state index in [9.17, 15) is 9.59 Å². The average Bonchev–Trinajstić information content (AvgIpc) is 2.27. The van der Waals surface area contributed by atoms with Crippen LogP contribution in [0.4, 0.5) is 0 Å². The number of hydrogen-bond acceptors (Lipinski definition) is 2. The molecule has 0 saturated carbocycles. The van der Waals surface area contributed by atoms with E-state index in [0.29, 0.717) is 18.0 Å². The Morgan fingerprint density at radius 3 is 2.76 bits per heavy atom. The summed E-state index contributed by atoms with van der Waals surface area (Å²) in [5, 5.41) is 11.8. The molecule has 0 aromatic heterocycles. The zero-order valence-corrected chi connectivity index (χ0v) is 10.2. The van der Waals surface area contributed by atoms with Crippen LogP contribution in [-0.4, -0.2) is 23.5 Å². The normalized spacial score (nSPS) is 11.9. The third-order valence-electron chi connectivity index (χ3n) is 2.37. The summed E-state index contributed by atoms with van der Waals surface area (Å²) in [6.45, 7) is 1.76. The van der Waals surface area contributed by atoms with E-state index in [4.69, 9.17) is 16.7 Å². The number of nitrogens with one attached hydrogen (secondary N) is 1. The van der Waals surface area contributed by atoms with Crippen molar-refractivity contribution in [1.82, 2.24) is 5.32 Å². The fourth-order valence-electron chi connectivity index (χ4n) is 1.29.